The van der Waals surface area contributed by atoms with Gasteiger partial charge < -0.3 is 10.0 Å². The number of nitrogens with zero attached hydrogens (tertiary/aromatic N) is 1. The van der Waals surface area contributed by atoms with Gasteiger partial charge in [-0.2, -0.15) is 0 Å². The van der Waals surface area contributed by atoms with E-state index in [0.29, 0.717) is 5.75 Å². The molecule has 0 spiro atoms. The number of anilines is 1. The highest BCUT2D eigenvalue weighted by Gasteiger charge is 2.07. The van der Waals surface area contributed by atoms with E-state index in [1.165, 1.54) is 0 Å². The fraction of sp³-hybridized carbons (Fsp3) is 0.500. The second-order valence-electron chi connectivity index (χ2n) is 3.91. The summed E-state index contributed by atoms with van der Waals surface area (Å²) in [5, 5.41) is 9.82. The molecule has 0 saturated carbocycles. The molecule has 0 fully saturated rings. The molecule has 2 nitrogen and oxygen atoms in total. The van der Waals surface area contributed by atoms with Gasteiger partial charge in [0.05, 0.1) is 0 Å². The zero-order valence-electron chi connectivity index (χ0n) is 9.46. The molecular formula is C12H19NO. The Morgan fingerprint density at radius 2 is 1.93 bits per heavy atom. The standard InChI is InChI=1S/C12H19NO/c1-5-6-10-8-11(13(3)4)7-9(2)12(10)14/h7-8,14H,5-6H2,1-4H3. The van der Waals surface area contributed by atoms with Crippen LogP contribution in [0.15, 0.2) is 12.1 Å². The first kappa shape index (κ1) is 10.9. The van der Waals surface area contributed by atoms with Crippen LogP contribution in [0.4, 0.5) is 5.69 Å². The highest BCUT2D eigenvalue weighted by molar-refractivity contribution is 5.55. The predicted molar refractivity (Wildman–Crippen MR) is 61.2 cm³/mol. The quantitative estimate of drug-likeness (QED) is 0.797. The Bertz CT molecular complexity index is 318. The van der Waals surface area contributed by atoms with Crippen molar-refractivity contribution in [2.45, 2.75) is 26.7 Å². The van der Waals surface area contributed by atoms with E-state index in [4.69, 9.17) is 0 Å². The Morgan fingerprint density at radius 3 is 2.43 bits per heavy atom. The Labute approximate surface area is 86.2 Å². The van der Waals surface area contributed by atoms with Gasteiger partial charge in [-0.05, 0) is 36.6 Å². The molecule has 1 aromatic rings. The molecule has 0 aliphatic carbocycles. The molecule has 1 aromatic carbocycles. The van der Waals surface area contributed by atoms with Crippen molar-refractivity contribution >= 4 is 5.69 Å². The third kappa shape index (κ3) is 2.19. The molecule has 0 aliphatic rings. The normalized spacial score (nSPS) is 10.3. The van der Waals surface area contributed by atoms with Gasteiger partial charge in [0, 0.05) is 19.8 Å². The number of rotatable bonds is 3. The molecule has 0 radical (unpaired) electrons. The van der Waals surface area contributed by atoms with Crippen molar-refractivity contribution in [1.82, 2.24) is 0 Å². The van der Waals surface area contributed by atoms with Crippen LogP contribution < -0.4 is 4.90 Å². The van der Waals surface area contributed by atoms with Crippen molar-refractivity contribution < 1.29 is 5.11 Å². The van der Waals surface area contributed by atoms with Crippen molar-refractivity contribution in [2.24, 2.45) is 0 Å². The van der Waals surface area contributed by atoms with E-state index in [1.54, 1.807) is 0 Å². The summed E-state index contributed by atoms with van der Waals surface area (Å²) < 4.78 is 0. The lowest BCUT2D eigenvalue weighted by molar-refractivity contribution is 0.463. The molecule has 1 rings (SSSR count). The molecular weight excluding hydrogens is 174 g/mol. The van der Waals surface area contributed by atoms with Crippen LogP contribution in [0.1, 0.15) is 24.5 Å². The maximum absolute atomic E-state index is 9.82. The lowest BCUT2D eigenvalue weighted by atomic mass is 10.0. The molecule has 0 atom stereocenters. The van der Waals surface area contributed by atoms with Gasteiger partial charge in [0.25, 0.3) is 0 Å². The number of benzene rings is 1. The maximum atomic E-state index is 9.82. The van der Waals surface area contributed by atoms with Gasteiger partial charge in [-0.25, -0.2) is 0 Å². The van der Waals surface area contributed by atoms with Crippen molar-refractivity contribution in [3.05, 3.63) is 23.3 Å². The average Bonchev–Trinajstić information content (AvgIpc) is 2.12. The minimum absolute atomic E-state index is 0.456. The molecule has 78 valence electrons. The molecule has 0 amide bonds. The van der Waals surface area contributed by atoms with Crippen LogP contribution in [0.25, 0.3) is 0 Å². The van der Waals surface area contributed by atoms with Gasteiger partial charge >= 0.3 is 0 Å². The predicted octanol–water partition coefficient (Wildman–Crippen LogP) is 2.72. The van der Waals surface area contributed by atoms with Crippen LogP contribution in [0.5, 0.6) is 5.75 Å². The zero-order chi connectivity index (χ0) is 10.7. The molecule has 0 saturated heterocycles. The zero-order valence-corrected chi connectivity index (χ0v) is 9.46. The van der Waals surface area contributed by atoms with Crippen LogP contribution in [-0.2, 0) is 6.42 Å². The van der Waals surface area contributed by atoms with E-state index in [9.17, 15) is 5.11 Å². The SMILES string of the molecule is CCCc1cc(N(C)C)cc(C)c1O. The van der Waals surface area contributed by atoms with Crippen LogP contribution in [0.2, 0.25) is 0 Å². The van der Waals surface area contributed by atoms with Crippen LogP contribution >= 0.6 is 0 Å². The highest BCUT2D eigenvalue weighted by Crippen LogP contribution is 2.28. The third-order valence-electron chi connectivity index (χ3n) is 2.40. The first-order valence-corrected chi connectivity index (χ1v) is 5.06. The van der Waals surface area contributed by atoms with Crippen molar-refractivity contribution in [1.29, 1.82) is 0 Å². The summed E-state index contributed by atoms with van der Waals surface area (Å²) in [6.07, 6.45) is 2.00. The van der Waals surface area contributed by atoms with Gasteiger partial charge in [0.2, 0.25) is 0 Å². The number of hydrogen-bond donors (Lipinski definition) is 1. The molecule has 0 bridgehead atoms. The van der Waals surface area contributed by atoms with Gasteiger partial charge in [-0.15, -0.1) is 0 Å². The fourth-order valence-electron chi connectivity index (χ4n) is 1.55. The smallest absolute Gasteiger partial charge is 0.121 e. The van der Waals surface area contributed by atoms with Crippen LogP contribution in [0, 0.1) is 6.92 Å². The Hall–Kier alpha value is -1.18. The van der Waals surface area contributed by atoms with E-state index < -0.39 is 0 Å². The largest absolute Gasteiger partial charge is 0.507 e. The van der Waals surface area contributed by atoms with E-state index >= 15 is 0 Å². The minimum Gasteiger partial charge on any atom is -0.507 e. The van der Waals surface area contributed by atoms with Gasteiger partial charge in [-0.3, -0.25) is 0 Å². The topological polar surface area (TPSA) is 23.5 Å². The fourth-order valence-corrected chi connectivity index (χ4v) is 1.55. The Kier molecular flexibility index (Phi) is 3.39. The average molecular weight is 193 g/mol. The number of aromatic hydroxyl groups is 1. The van der Waals surface area contributed by atoms with Gasteiger partial charge in [0.1, 0.15) is 5.75 Å². The summed E-state index contributed by atoms with van der Waals surface area (Å²) in [5.41, 5.74) is 3.17. The molecule has 0 heterocycles. The monoisotopic (exact) mass is 193 g/mol. The second-order valence-corrected chi connectivity index (χ2v) is 3.91. The van der Waals surface area contributed by atoms with Crippen LogP contribution in [-0.4, -0.2) is 19.2 Å². The molecule has 0 aliphatic heterocycles. The number of phenols is 1. The molecule has 0 unspecified atom stereocenters. The summed E-state index contributed by atoms with van der Waals surface area (Å²) in [4.78, 5) is 2.06. The third-order valence-corrected chi connectivity index (χ3v) is 2.40. The first-order valence-electron chi connectivity index (χ1n) is 5.06. The van der Waals surface area contributed by atoms with Crippen molar-refractivity contribution in [3.63, 3.8) is 0 Å². The Morgan fingerprint density at radius 1 is 1.29 bits per heavy atom. The molecule has 1 N–H and O–H groups in total. The van der Waals surface area contributed by atoms with E-state index in [2.05, 4.69) is 17.9 Å². The van der Waals surface area contributed by atoms with Gasteiger partial charge in [-0.1, -0.05) is 13.3 Å². The van der Waals surface area contributed by atoms with Gasteiger partial charge in [0.15, 0.2) is 0 Å². The second kappa shape index (κ2) is 4.36. The summed E-state index contributed by atoms with van der Waals surface area (Å²) in [6.45, 7) is 4.07. The number of phenolic OH excluding ortho intramolecular Hbond substituents is 1. The first-order chi connectivity index (χ1) is 6.56. The maximum Gasteiger partial charge on any atom is 0.121 e. The lowest BCUT2D eigenvalue weighted by Gasteiger charge is -2.16. The summed E-state index contributed by atoms with van der Waals surface area (Å²) in [6, 6.07) is 4.07. The summed E-state index contributed by atoms with van der Waals surface area (Å²) >= 11 is 0. The molecule has 0 aromatic heterocycles. The van der Waals surface area contributed by atoms with E-state index in [-0.39, 0.29) is 0 Å². The lowest BCUT2D eigenvalue weighted by Crippen LogP contribution is -2.09. The van der Waals surface area contributed by atoms with Crippen molar-refractivity contribution in [2.75, 3.05) is 19.0 Å². The van der Waals surface area contributed by atoms with E-state index in [1.807, 2.05) is 27.1 Å². The number of hydrogen-bond acceptors (Lipinski definition) is 2. The highest BCUT2D eigenvalue weighted by atomic mass is 16.3. The van der Waals surface area contributed by atoms with E-state index in [0.717, 1.165) is 29.7 Å². The van der Waals surface area contributed by atoms with Crippen molar-refractivity contribution in [3.8, 4) is 5.75 Å². The van der Waals surface area contributed by atoms with Crippen LogP contribution in [0.3, 0.4) is 0 Å². The summed E-state index contributed by atoms with van der Waals surface area (Å²) in [7, 11) is 4.03. The summed E-state index contributed by atoms with van der Waals surface area (Å²) in [5.74, 6) is 0.456. The number of aryl methyl sites for hydroxylation is 2. The molecule has 2 heteroatoms. The molecule has 14 heavy (non-hydrogen) atoms. The minimum atomic E-state index is 0.456. The Balaban J connectivity index is 3.14.